The minimum Gasteiger partial charge on any atom is -0.386 e. The van der Waals surface area contributed by atoms with E-state index in [1.54, 1.807) is 25.5 Å². The van der Waals surface area contributed by atoms with E-state index < -0.39 is 0 Å². The van der Waals surface area contributed by atoms with E-state index in [4.69, 9.17) is 4.74 Å². The second-order valence-electron chi connectivity index (χ2n) is 4.12. The molecule has 0 aliphatic carbocycles. The largest absolute Gasteiger partial charge is 0.386 e. The summed E-state index contributed by atoms with van der Waals surface area (Å²) in [6.45, 7) is 2.69. The van der Waals surface area contributed by atoms with E-state index in [0.717, 1.165) is 12.1 Å². The van der Waals surface area contributed by atoms with Gasteiger partial charge in [-0.1, -0.05) is 0 Å². The fourth-order valence-corrected chi connectivity index (χ4v) is 1.96. The van der Waals surface area contributed by atoms with Crippen LogP contribution in [0.1, 0.15) is 23.7 Å². The van der Waals surface area contributed by atoms with E-state index >= 15 is 0 Å². The number of carbonyl (C=O) groups is 1. The number of nitrogens with one attached hydrogen (secondary N) is 2. The van der Waals surface area contributed by atoms with Gasteiger partial charge in [0.15, 0.2) is 0 Å². The maximum Gasteiger partial charge on any atom is 0.253 e. The standard InChI is InChI=1S/C12H17N3O2/c1-8-10(4-6-17-8)15-12(16)9-3-5-14-7-11(9)13-2/h3,5,7-8,10,13H,4,6H2,1-2H3,(H,15,16). The Morgan fingerprint density at radius 3 is 3.06 bits per heavy atom. The third-order valence-corrected chi connectivity index (χ3v) is 3.03. The third-order valence-electron chi connectivity index (χ3n) is 3.03. The summed E-state index contributed by atoms with van der Waals surface area (Å²) < 4.78 is 5.42. The first-order valence-corrected chi connectivity index (χ1v) is 5.76. The Balaban J connectivity index is 2.09. The van der Waals surface area contributed by atoms with Crippen molar-refractivity contribution < 1.29 is 9.53 Å². The van der Waals surface area contributed by atoms with Crippen molar-refractivity contribution in [3.05, 3.63) is 24.0 Å². The molecule has 92 valence electrons. The molecule has 0 bridgehead atoms. The van der Waals surface area contributed by atoms with Crippen LogP contribution in [0.5, 0.6) is 0 Å². The van der Waals surface area contributed by atoms with Crippen LogP contribution >= 0.6 is 0 Å². The SMILES string of the molecule is CNc1cnccc1C(=O)NC1CCOC1C. The lowest BCUT2D eigenvalue weighted by molar-refractivity contribution is 0.0867. The van der Waals surface area contributed by atoms with Crippen LogP contribution in [-0.4, -0.2) is 36.7 Å². The Hall–Kier alpha value is -1.62. The van der Waals surface area contributed by atoms with Crippen LogP contribution in [0.25, 0.3) is 0 Å². The highest BCUT2D eigenvalue weighted by atomic mass is 16.5. The summed E-state index contributed by atoms with van der Waals surface area (Å²) in [7, 11) is 1.77. The Labute approximate surface area is 101 Å². The van der Waals surface area contributed by atoms with Crippen LogP contribution in [0, 0.1) is 0 Å². The monoisotopic (exact) mass is 235 g/mol. The lowest BCUT2D eigenvalue weighted by atomic mass is 10.1. The molecule has 0 radical (unpaired) electrons. The number of carbonyl (C=O) groups excluding carboxylic acids is 1. The third kappa shape index (κ3) is 2.55. The highest BCUT2D eigenvalue weighted by Gasteiger charge is 2.26. The van der Waals surface area contributed by atoms with Gasteiger partial charge in [0.05, 0.1) is 29.6 Å². The van der Waals surface area contributed by atoms with Gasteiger partial charge < -0.3 is 15.4 Å². The van der Waals surface area contributed by atoms with Crippen molar-refractivity contribution in [2.75, 3.05) is 19.0 Å². The van der Waals surface area contributed by atoms with Crippen LogP contribution in [0.2, 0.25) is 0 Å². The molecule has 1 amide bonds. The van der Waals surface area contributed by atoms with Crippen molar-refractivity contribution in [1.29, 1.82) is 0 Å². The van der Waals surface area contributed by atoms with Crippen LogP contribution < -0.4 is 10.6 Å². The first kappa shape index (κ1) is 11.9. The van der Waals surface area contributed by atoms with Crippen LogP contribution in [-0.2, 0) is 4.74 Å². The van der Waals surface area contributed by atoms with Gasteiger partial charge in [0, 0.05) is 19.9 Å². The normalized spacial score (nSPS) is 23.4. The zero-order valence-electron chi connectivity index (χ0n) is 10.1. The molecule has 5 heteroatoms. The average molecular weight is 235 g/mol. The lowest BCUT2D eigenvalue weighted by Crippen LogP contribution is -2.39. The molecule has 1 fully saturated rings. The molecule has 5 nitrogen and oxygen atoms in total. The molecule has 1 aromatic rings. The fraction of sp³-hybridized carbons (Fsp3) is 0.500. The minimum absolute atomic E-state index is 0.0822. The van der Waals surface area contributed by atoms with Gasteiger partial charge >= 0.3 is 0 Å². The van der Waals surface area contributed by atoms with E-state index in [9.17, 15) is 4.79 Å². The molecular weight excluding hydrogens is 218 g/mol. The molecule has 1 aliphatic heterocycles. The van der Waals surface area contributed by atoms with Crippen molar-refractivity contribution in [2.45, 2.75) is 25.5 Å². The summed E-state index contributed by atoms with van der Waals surface area (Å²) in [6.07, 6.45) is 4.21. The smallest absolute Gasteiger partial charge is 0.253 e. The zero-order valence-corrected chi connectivity index (χ0v) is 10.1. The molecule has 0 aromatic carbocycles. The number of hydrogen-bond acceptors (Lipinski definition) is 4. The number of anilines is 1. The van der Waals surface area contributed by atoms with Crippen molar-refractivity contribution in [3.63, 3.8) is 0 Å². The Kier molecular flexibility index (Phi) is 3.58. The predicted octanol–water partition coefficient (Wildman–Crippen LogP) is 1.03. The molecule has 2 unspecified atom stereocenters. The van der Waals surface area contributed by atoms with Gasteiger partial charge in [-0.25, -0.2) is 0 Å². The summed E-state index contributed by atoms with van der Waals surface area (Å²) >= 11 is 0. The molecule has 1 aliphatic rings. The maximum atomic E-state index is 12.1. The Morgan fingerprint density at radius 2 is 2.41 bits per heavy atom. The van der Waals surface area contributed by atoms with Crippen LogP contribution in [0.4, 0.5) is 5.69 Å². The lowest BCUT2D eigenvalue weighted by Gasteiger charge is -2.17. The fourth-order valence-electron chi connectivity index (χ4n) is 1.96. The quantitative estimate of drug-likeness (QED) is 0.821. The number of nitrogens with zero attached hydrogens (tertiary/aromatic N) is 1. The van der Waals surface area contributed by atoms with E-state index in [1.165, 1.54) is 0 Å². The second kappa shape index (κ2) is 5.14. The van der Waals surface area contributed by atoms with Crippen molar-refractivity contribution >= 4 is 11.6 Å². The van der Waals surface area contributed by atoms with Gasteiger partial charge in [-0.05, 0) is 19.4 Å². The Bertz CT molecular complexity index is 408. The van der Waals surface area contributed by atoms with Gasteiger partial charge in [-0.3, -0.25) is 9.78 Å². The number of pyridine rings is 1. The minimum atomic E-state index is -0.0842. The van der Waals surface area contributed by atoms with E-state index in [1.807, 2.05) is 6.92 Å². The molecule has 2 N–H and O–H groups in total. The van der Waals surface area contributed by atoms with Crippen LogP contribution in [0.3, 0.4) is 0 Å². The van der Waals surface area contributed by atoms with Gasteiger partial charge in [0.25, 0.3) is 5.91 Å². The summed E-state index contributed by atoms with van der Waals surface area (Å²) in [6, 6.07) is 1.81. The highest BCUT2D eigenvalue weighted by molar-refractivity contribution is 5.99. The van der Waals surface area contributed by atoms with Gasteiger partial charge in [0.2, 0.25) is 0 Å². The van der Waals surface area contributed by atoms with Gasteiger partial charge in [-0.2, -0.15) is 0 Å². The number of ether oxygens (including phenoxy) is 1. The van der Waals surface area contributed by atoms with Gasteiger partial charge in [-0.15, -0.1) is 0 Å². The second-order valence-corrected chi connectivity index (χ2v) is 4.12. The summed E-state index contributed by atoms with van der Waals surface area (Å²) in [4.78, 5) is 16.1. The average Bonchev–Trinajstić information content (AvgIpc) is 2.75. The van der Waals surface area contributed by atoms with E-state index in [0.29, 0.717) is 12.2 Å². The highest BCUT2D eigenvalue weighted by Crippen LogP contribution is 2.16. The topological polar surface area (TPSA) is 63.2 Å². The Morgan fingerprint density at radius 1 is 1.59 bits per heavy atom. The van der Waals surface area contributed by atoms with Gasteiger partial charge in [0.1, 0.15) is 0 Å². The molecule has 2 heterocycles. The first-order valence-electron chi connectivity index (χ1n) is 5.76. The van der Waals surface area contributed by atoms with Crippen molar-refractivity contribution in [1.82, 2.24) is 10.3 Å². The van der Waals surface area contributed by atoms with Crippen molar-refractivity contribution in [2.24, 2.45) is 0 Å². The summed E-state index contributed by atoms with van der Waals surface area (Å²) in [5.41, 5.74) is 1.35. The molecule has 0 spiro atoms. The molecule has 1 saturated heterocycles. The van der Waals surface area contributed by atoms with Crippen LogP contribution in [0.15, 0.2) is 18.5 Å². The molecule has 17 heavy (non-hydrogen) atoms. The van der Waals surface area contributed by atoms with Crippen molar-refractivity contribution in [3.8, 4) is 0 Å². The maximum absolute atomic E-state index is 12.1. The number of hydrogen-bond donors (Lipinski definition) is 2. The predicted molar refractivity (Wildman–Crippen MR) is 65.1 cm³/mol. The summed E-state index contributed by atoms with van der Waals surface area (Å²) in [5.74, 6) is -0.0842. The molecule has 0 saturated carbocycles. The number of amides is 1. The molecule has 1 aromatic heterocycles. The van der Waals surface area contributed by atoms with E-state index in [2.05, 4.69) is 15.6 Å². The summed E-state index contributed by atoms with van der Waals surface area (Å²) in [5, 5.41) is 5.95. The molecular formula is C12H17N3O2. The molecule has 2 atom stereocenters. The first-order chi connectivity index (χ1) is 8.22. The number of rotatable bonds is 3. The number of aromatic nitrogens is 1. The molecule has 2 rings (SSSR count). The van der Waals surface area contributed by atoms with E-state index in [-0.39, 0.29) is 18.1 Å². The zero-order chi connectivity index (χ0) is 12.3.